The van der Waals surface area contributed by atoms with Gasteiger partial charge in [-0.25, -0.2) is 0 Å². The van der Waals surface area contributed by atoms with Crippen molar-refractivity contribution in [1.82, 2.24) is 4.90 Å². The number of aliphatic carboxylic acids is 1. The highest BCUT2D eigenvalue weighted by Crippen LogP contribution is 2.21. The molecule has 19 heavy (non-hydrogen) atoms. The topological polar surface area (TPSA) is 57.6 Å². The van der Waals surface area contributed by atoms with Crippen LogP contribution in [0.15, 0.2) is 18.2 Å². The summed E-state index contributed by atoms with van der Waals surface area (Å²) >= 11 is 11.8. The molecule has 1 rings (SSSR count). The fraction of sp³-hybridized carbons (Fsp3) is 0.385. The largest absolute Gasteiger partial charge is 0.481 e. The molecule has 0 unspecified atom stereocenters. The smallest absolute Gasteiger partial charge is 0.303 e. The van der Waals surface area contributed by atoms with Crippen molar-refractivity contribution in [3.63, 3.8) is 0 Å². The second-order valence-corrected chi connectivity index (χ2v) is 5.07. The van der Waals surface area contributed by atoms with Crippen molar-refractivity contribution in [2.75, 3.05) is 13.6 Å². The van der Waals surface area contributed by atoms with Crippen LogP contribution in [-0.4, -0.2) is 35.5 Å². The Morgan fingerprint density at radius 2 is 2.00 bits per heavy atom. The molecule has 1 aromatic carbocycles. The van der Waals surface area contributed by atoms with Gasteiger partial charge < -0.3 is 10.0 Å². The molecule has 0 aliphatic heterocycles. The molecule has 0 fully saturated rings. The summed E-state index contributed by atoms with van der Waals surface area (Å²) in [4.78, 5) is 23.8. The molecule has 0 heterocycles. The highest BCUT2D eigenvalue weighted by Gasteiger charge is 2.12. The number of carboxylic acid groups (broad SMARTS) is 1. The third-order valence-corrected chi connectivity index (χ3v) is 3.25. The van der Waals surface area contributed by atoms with E-state index in [1.165, 1.54) is 4.90 Å². The summed E-state index contributed by atoms with van der Waals surface area (Å²) in [7, 11) is 1.65. The highest BCUT2D eigenvalue weighted by atomic mass is 35.5. The van der Waals surface area contributed by atoms with E-state index in [0.29, 0.717) is 28.6 Å². The number of nitrogens with zero attached hydrogens (tertiary/aromatic N) is 1. The number of amides is 1. The quantitative estimate of drug-likeness (QED) is 0.879. The molecule has 4 nitrogen and oxygen atoms in total. The van der Waals surface area contributed by atoms with Crippen LogP contribution < -0.4 is 0 Å². The lowest BCUT2D eigenvalue weighted by Crippen LogP contribution is -2.29. The Morgan fingerprint density at radius 1 is 1.32 bits per heavy atom. The first-order valence-corrected chi connectivity index (χ1v) is 6.55. The summed E-state index contributed by atoms with van der Waals surface area (Å²) in [6.45, 7) is 0.413. The van der Waals surface area contributed by atoms with Gasteiger partial charge in [0.1, 0.15) is 0 Å². The second kappa shape index (κ2) is 7.36. The minimum absolute atomic E-state index is 0.0549. The van der Waals surface area contributed by atoms with Gasteiger partial charge in [-0.15, -0.1) is 0 Å². The van der Waals surface area contributed by atoms with Crippen LogP contribution >= 0.6 is 23.2 Å². The van der Waals surface area contributed by atoms with Crippen LogP contribution in [0.25, 0.3) is 0 Å². The normalized spacial score (nSPS) is 10.3. The van der Waals surface area contributed by atoms with E-state index in [1.54, 1.807) is 25.2 Å². The van der Waals surface area contributed by atoms with E-state index < -0.39 is 5.97 Å². The molecule has 0 radical (unpaired) electrons. The molecule has 0 saturated heterocycles. The van der Waals surface area contributed by atoms with Gasteiger partial charge in [0.05, 0.1) is 6.42 Å². The van der Waals surface area contributed by atoms with E-state index >= 15 is 0 Å². The molecule has 0 aliphatic rings. The monoisotopic (exact) mass is 303 g/mol. The number of benzene rings is 1. The van der Waals surface area contributed by atoms with Gasteiger partial charge in [0.25, 0.3) is 0 Å². The molecule has 1 aromatic rings. The number of rotatable bonds is 6. The van der Waals surface area contributed by atoms with Gasteiger partial charge in [0.15, 0.2) is 0 Å². The van der Waals surface area contributed by atoms with Crippen molar-refractivity contribution in [3.8, 4) is 0 Å². The van der Waals surface area contributed by atoms with Crippen molar-refractivity contribution >= 4 is 35.1 Å². The summed E-state index contributed by atoms with van der Waals surface area (Å²) < 4.78 is 0. The maximum atomic E-state index is 11.9. The van der Waals surface area contributed by atoms with Crippen molar-refractivity contribution in [1.29, 1.82) is 0 Å². The zero-order valence-corrected chi connectivity index (χ0v) is 12.0. The van der Waals surface area contributed by atoms with Gasteiger partial charge >= 0.3 is 5.97 Å². The number of carbonyl (C=O) groups excluding carboxylic acids is 1. The Labute approximate surface area is 121 Å². The van der Waals surface area contributed by atoms with Crippen LogP contribution in [0.1, 0.15) is 18.4 Å². The number of halogens is 2. The molecule has 104 valence electrons. The predicted octanol–water partition coefficient (Wildman–Crippen LogP) is 2.86. The Morgan fingerprint density at radius 3 is 2.58 bits per heavy atom. The summed E-state index contributed by atoms with van der Waals surface area (Å²) in [5, 5.41) is 9.51. The number of hydrogen-bond acceptors (Lipinski definition) is 2. The van der Waals surface area contributed by atoms with Gasteiger partial charge in [-0.05, 0) is 24.1 Å². The van der Waals surface area contributed by atoms with Crippen LogP contribution in [0.5, 0.6) is 0 Å². The number of likely N-dealkylation sites (N-methyl/N-ethyl adjacent to an activating group) is 1. The van der Waals surface area contributed by atoms with Crippen LogP contribution in [-0.2, 0) is 16.0 Å². The zero-order chi connectivity index (χ0) is 14.4. The highest BCUT2D eigenvalue weighted by molar-refractivity contribution is 6.35. The summed E-state index contributed by atoms with van der Waals surface area (Å²) in [5.74, 6) is -0.962. The van der Waals surface area contributed by atoms with Crippen LogP contribution in [0, 0.1) is 0 Å². The molecule has 1 N–H and O–H groups in total. The van der Waals surface area contributed by atoms with Crippen LogP contribution in [0.3, 0.4) is 0 Å². The minimum atomic E-state index is -0.860. The lowest BCUT2D eigenvalue weighted by atomic mass is 10.1. The fourth-order valence-electron chi connectivity index (χ4n) is 1.56. The second-order valence-electron chi connectivity index (χ2n) is 4.23. The fourth-order valence-corrected chi connectivity index (χ4v) is 2.03. The first kappa shape index (κ1) is 15.8. The van der Waals surface area contributed by atoms with E-state index in [4.69, 9.17) is 28.3 Å². The third kappa shape index (κ3) is 5.49. The Hall–Kier alpha value is -1.26. The Bertz CT molecular complexity index is 477. The lowest BCUT2D eigenvalue weighted by molar-refractivity contribution is -0.138. The van der Waals surface area contributed by atoms with Gasteiger partial charge in [-0.1, -0.05) is 29.3 Å². The molecule has 0 atom stereocenters. The minimum Gasteiger partial charge on any atom is -0.481 e. The summed E-state index contributed by atoms with van der Waals surface area (Å²) in [6.07, 6.45) is 0.671. The van der Waals surface area contributed by atoms with Crippen LogP contribution in [0.4, 0.5) is 0 Å². The molecule has 0 aliphatic carbocycles. The van der Waals surface area contributed by atoms with Gasteiger partial charge in [-0.3, -0.25) is 9.59 Å². The van der Waals surface area contributed by atoms with E-state index in [0.717, 1.165) is 0 Å². The van der Waals surface area contributed by atoms with E-state index in [1.807, 2.05) is 0 Å². The SMILES string of the molecule is CN(CCCC(=O)O)C(=O)Cc1ccc(Cl)cc1Cl. The van der Waals surface area contributed by atoms with Gasteiger partial charge in [0, 0.05) is 30.1 Å². The molecule has 0 bridgehead atoms. The standard InChI is InChI=1S/C13H15Cl2NO3/c1-16(6-2-3-13(18)19)12(17)7-9-4-5-10(14)8-11(9)15/h4-5,8H,2-3,6-7H2,1H3,(H,18,19). The van der Waals surface area contributed by atoms with Gasteiger partial charge in [-0.2, -0.15) is 0 Å². The molecular weight excluding hydrogens is 289 g/mol. The molecule has 0 aromatic heterocycles. The van der Waals surface area contributed by atoms with Crippen molar-refractivity contribution in [2.45, 2.75) is 19.3 Å². The maximum absolute atomic E-state index is 11.9. The zero-order valence-electron chi connectivity index (χ0n) is 10.5. The van der Waals surface area contributed by atoms with E-state index in [9.17, 15) is 9.59 Å². The molecule has 6 heteroatoms. The van der Waals surface area contributed by atoms with E-state index in [-0.39, 0.29) is 18.7 Å². The number of hydrogen-bond donors (Lipinski definition) is 1. The van der Waals surface area contributed by atoms with E-state index in [2.05, 4.69) is 0 Å². The molecule has 1 amide bonds. The van der Waals surface area contributed by atoms with Crippen LogP contribution in [0.2, 0.25) is 10.0 Å². The van der Waals surface area contributed by atoms with Gasteiger partial charge in [0.2, 0.25) is 5.91 Å². The molecule has 0 spiro atoms. The van der Waals surface area contributed by atoms with Crippen molar-refractivity contribution in [3.05, 3.63) is 33.8 Å². The summed E-state index contributed by atoms with van der Waals surface area (Å²) in [6, 6.07) is 4.99. The number of carboxylic acids is 1. The number of carbonyl (C=O) groups is 2. The first-order chi connectivity index (χ1) is 8.90. The Balaban J connectivity index is 2.51. The molecular formula is C13H15Cl2NO3. The average molecular weight is 304 g/mol. The predicted molar refractivity (Wildman–Crippen MR) is 74.7 cm³/mol. The first-order valence-electron chi connectivity index (χ1n) is 5.80. The van der Waals surface area contributed by atoms with Crippen molar-refractivity contribution in [2.24, 2.45) is 0 Å². The van der Waals surface area contributed by atoms with Crippen molar-refractivity contribution < 1.29 is 14.7 Å². The Kier molecular flexibility index (Phi) is 6.12. The lowest BCUT2D eigenvalue weighted by Gasteiger charge is -2.17. The third-order valence-electron chi connectivity index (χ3n) is 2.67. The maximum Gasteiger partial charge on any atom is 0.303 e. The average Bonchev–Trinajstić information content (AvgIpc) is 2.32. The summed E-state index contributed by atoms with van der Waals surface area (Å²) in [5.41, 5.74) is 0.709. The molecule has 0 saturated carbocycles.